The van der Waals surface area contributed by atoms with E-state index in [-0.39, 0.29) is 11.7 Å². The number of rotatable bonds is 7. The van der Waals surface area contributed by atoms with Crippen LogP contribution >= 0.6 is 7.82 Å². The van der Waals surface area contributed by atoms with Crippen LogP contribution in [0.2, 0.25) is 0 Å². The van der Waals surface area contributed by atoms with Crippen LogP contribution in [0.3, 0.4) is 0 Å². The van der Waals surface area contributed by atoms with Gasteiger partial charge in [0.25, 0.3) is 5.91 Å². The Morgan fingerprint density at radius 3 is 2.42 bits per heavy atom. The van der Waals surface area contributed by atoms with Gasteiger partial charge in [-0.3, -0.25) is 14.1 Å². The lowest BCUT2D eigenvalue weighted by atomic mass is 9.85. The summed E-state index contributed by atoms with van der Waals surface area (Å²) >= 11 is 0. The first-order valence-electron chi connectivity index (χ1n) is 9.49. The summed E-state index contributed by atoms with van der Waals surface area (Å²) in [6, 6.07) is 12.7. The first-order valence-corrected chi connectivity index (χ1v) is 11.0. The van der Waals surface area contributed by atoms with Gasteiger partial charge in [-0.05, 0) is 51.1 Å². The molecule has 1 aliphatic heterocycles. The molecule has 0 fully saturated rings. The normalized spacial score (nSPS) is 19.8. The number of hydrogen-bond donors (Lipinski definition) is 3. The summed E-state index contributed by atoms with van der Waals surface area (Å²) in [5, 5.41) is 2.91. The fraction of sp³-hybridized carbons (Fsp3) is 0.333. The average molecular weight is 449 g/mol. The number of carbonyl (C=O) groups is 2. The van der Waals surface area contributed by atoms with Crippen molar-refractivity contribution in [2.75, 3.05) is 6.79 Å². The topological polar surface area (TPSA) is 131 Å². The van der Waals surface area contributed by atoms with Gasteiger partial charge in [0.05, 0.1) is 6.04 Å². The third-order valence-corrected chi connectivity index (χ3v) is 5.35. The van der Waals surface area contributed by atoms with Crippen LogP contribution in [0, 0.1) is 0 Å². The molecule has 2 aromatic carbocycles. The van der Waals surface area contributed by atoms with Gasteiger partial charge < -0.3 is 24.6 Å². The van der Waals surface area contributed by atoms with Crippen LogP contribution in [-0.2, 0) is 13.8 Å². The molecule has 166 valence electrons. The molecule has 0 unspecified atom stereocenters. The molecule has 2 atom stereocenters. The lowest BCUT2D eigenvalue weighted by Crippen LogP contribution is -2.55. The zero-order valence-electron chi connectivity index (χ0n) is 17.3. The molecule has 31 heavy (non-hydrogen) atoms. The number of fused-ring (bicyclic) bond motifs is 1. The number of carbonyl (C=O) groups excluding carboxylic acids is 2. The molecule has 1 heterocycles. The molecule has 2 aromatic rings. The van der Waals surface area contributed by atoms with E-state index < -0.39 is 32.4 Å². The number of ketones is 1. The van der Waals surface area contributed by atoms with Gasteiger partial charge in [0, 0.05) is 16.7 Å². The number of phosphoric acid groups is 1. The van der Waals surface area contributed by atoms with E-state index in [1.807, 2.05) is 0 Å². The van der Waals surface area contributed by atoms with Crippen molar-refractivity contribution >= 4 is 19.5 Å². The second-order valence-electron chi connectivity index (χ2n) is 7.66. The molecule has 0 aromatic heterocycles. The first-order chi connectivity index (χ1) is 14.5. The summed E-state index contributed by atoms with van der Waals surface area (Å²) in [4.78, 5) is 42.7. The SMILES string of the molecule is CC(=O)c1ccc2c(c1)[C@H](NC(=O)c1ccccc1)[C@@H](OCOP(=O)(O)O)C(C)(C)O2. The van der Waals surface area contributed by atoms with Gasteiger partial charge in [-0.1, -0.05) is 18.2 Å². The summed E-state index contributed by atoms with van der Waals surface area (Å²) < 4.78 is 27.2. The summed E-state index contributed by atoms with van der Waals surface area (Å²) in [6.45, 7) is 4.15. The van der Waals surface area contributed by atoms with Gasteiger partial charge in [-0.2, -0.15) is 0 Å². The highest BCUT2D eigenvalue weighted by Crippen LogP contribution is 2.43. The predicted octanol–water partition coefficient (Wildman–Crippen LogP) is 2.98. The molecular formula is C21H24NO8P. The van der Waals surface area contributed by atoms with Crippen LogP contribution in [0.4, 0.5) is 0 Å². The third-order valence-electron chi connectivity index (χ3n) is 4.90. The quantitative estimate of drug-likeness (QED) is 0.334. The van der Waals surface area contributed by atoms with Crippen LogP contribution in [0.1, 0.15) is 53.1 Å². The third kappa shape index (κ3) is 5.58. The molecule has 0 radical (unpaired) electrons. The van der Waals surface area contributed by atoms with Gasteiger partial charge in [0.15, 0.2) is 12.6 Å². The Morgan fingerprint density at radius 1 is 1.13 bits per heavy atom. The van der Waals surface area contributed by atoms with Gasteiger partial charge in [0.1, 0.15) is 17.5 Å². The van der Waals surface area contributed by atoms with Crippen molar-refractivity contribution in [1.29, 1.82) is 0 Å². The zero-order valence-corrected chi connectivity index (χ0v) is 18.2. The van der Waals surface area contributed by atoms with Gasteiger partial charge >= 0.3 is 7.82 Å². The molecule has 0 spiro atoms. The maximum Gasteiger partial charge on any atom is 0.471 e. The molecule has 3 rings (SSSR count). The first kappa shape index (κ1) is 23.1. The maximum absolute atomic E-state index is 12.9. The van der Waals surface area contributed by atoms with E-state index in [1.165, 1.54) is 6.92 Å². The van der Waals surface area contributed by atoms with Gasteiger partial charge in [0.2, 0.25) is 0 Å². The lowest BCUT2D eigenvalue weighted by molar-refractivity contribution is -0.141. The van der Waals surface area contributed by atoms with Crippen LogP contribution in [0.5, 0.6) is 5.75 Å². The van der Waals surface area contributed by atoms with E-state index in [1.54, 1.807) is 62.4 Å². The molecule has 3 N–H and O–H groups in total. The van der Waals surface area contributed by atoms with E-state index in [0.29, 0.717) is 22.4 Å². The van der Waals surface area contributed by atoms with E-state index >= 15 is 0 Å². The number of benzene rings is 2. The standard InChI is InChI=1S/C21H24NO8P/c1-13(23)15-9-10-17-16(11-15)18(22-20(24)14-7-5-4-6-8-14)19(21(2,3)30-17)28-12-29-31(25,26)27/h4-11,18-19H,12H2,1-3H3,(H,22,24)(H2,25,26,27)/t18-,19+/m0/s1. The highest BCUT2D eigenvalue weighted by molar-refractivity contribution is 7.46. The minimum absolute atomic E-state index is 0.164. The van der Waals surface area contributed by atoms with E-state index in [2.05, 4.69) is 9.84 Å². The van der Waals surface area contributed by atoms with Crippen molar-refractivity contribution in [3.8, 4) is 5.75 Å². The lowest BCUT2D eigenvalue weighted by Gasteiger charge is -2.44. The van der Waals surface area contributed by atoms with Crippen molar-refractivity contribution in [2.45, 2.75) is 38.5 Å². The number of nitrogens with one attached hydrogen (secondary N) is 1. The van der Waals surface area contributed by atoms with Crippen LogP contribution in [0.25, 0.3) is 0 Å². The zero-order chi connectivity index (χ0) is 22.8. The summed E-state index contributed by atoms with van der Waals surface area (Å²) in [5.41, 5.74) is 0.350. The minimum Gasteiger partial charge on any atom is -0.485 e. The molecule has 1 amide bonds. The molecule has 10 heteroatoms. The van der Waals surface area contributed by atoms with Crippen molar-refractivity contribution < 1.29 is 37.9 Å². The van der Waals surface area contributed by atoms with Crippen LogP contribution in [0.15, 0.2) is 48.5 Å². The second kappa shape index (κ2) is 8.90. The van der Waals surface area contributed by atoms with E-state index in [4.69, 9.17) is 19.3 Å². The average Bonchev–Trinajstić information content (AvgIpc) is 2.69. The highest BCUT2D eigenvalue weighted by atomic mass is 31.2. The van der Waals surface area contributed by atoms with E-state index in [0.717, 1.165) is 0 Å². The Bertz CT molecular complexity index is 1020. The highest BCUT2D eigenvalue weighted by Gasteiger charge is 2.46. The molecule has 1 aliphatic rings. The van der Waals surface area contributed by atoms with Crippen molar-refractivity contribution in [1.82, 2.24) is 5.32 Å². The Morgan fingerprint density at radius 2 is 1.81 bits per heavy atom. The van der Waals surface area contributed by atoms with Crippen molar-refractivity contribution in [2.24, 2.45) is 0 Å². The second-order valence-corrected chi connectivity index (χ2v) is 8.90. The monoisotopic (exact) mass is 449 g/mol. The number of amides is 1. The van der Waals surface area contributed by atoms with Crippen molar-refractivity contribution in [3.05, 3.63) is 65.2 Å². The Labute approximate surface area is 179 Å². The number of phosphoric ester groups is 1. The van der Waals surface area contributed by atoms with Gasteiger partial charge in [-0.25, -0.2) is 4.57 Å². The van der Waals surface area contributed by atoms with Crippen LogP contribution in [-0.4, -0.2) is 40.0 Å². The molecule has 0 saturated carbocycles. The Hall–Kier alpha value is -2.55. The number of hydrogen-bond acceptors (Lipinski definition) is 6. The van der Waals surface area contributed by atoms with Crippen molar-refractivity contribution in [3.63, 3.8) is 0 Å². The summed E-state index contributed by atoms with van der Waals surface area (Å²) in [5.74, 6) is -0.0841. The molecule has 0 saturated heterocycles. The minimum atomic E-state index is -4.76. The fourth-order valence-corrected chi connectivity index (χ4v) is 3.64. The largest absolute Gasteiger partial charge is 0.485 e. The summed E-state index contributed by atoms with van der Waals surface area (Å²) in [7, 11) is -4.76. The molecule has 0 bridgehead atoms. The molecular weight excluding hydrogens is 425 g/mol. The molecule has 0 aliphatic carbocycles. The predicted molar refractivity (Wildman–Crippen MR) is 111 cm³/mol. The number of Topliss-reactive ketones (excluding diaryl/α,β-unsaturated/α-hetero) is 1. The maximum atomic E-state index is 12.9. The summed E-state index contributed by atoms with van der Waals surface area (Å²) in [6.07, 6.45) is -0.888. The van der Waals surface area contributed by atoms with E-state index in [9.17, 15) is 14.2 Å². The Kier molecular flexibility index (Phi) is 6.64. The smallest absolute Gasteiger partial charge is 0.471 e. The van der Waals surface area contributed by atoms with Gasteiger partial charge in [-0.15, -0.1) is 0 Å². The number of ether oxygens (including phenoxy) is 2. The van der Waals surface area contributed by atoms with Crippen LogP contribution < -0.4 is 10.1 Å². The Balaban J connectivity index is 1.99. The fourth-order valence-electron chi connectivity index (χ4n) is 3.45. The molecule has 9 nitrogen and oxygen atoms in total.